The standard InChI is InChI=1S/C11H14BrClN2O.ClH/c1-11(2,14)6-15-10(16)8-5-7(12)3-4-9(8)13;/h3-5H,6,14H2,1-2H3,(H,15,16);1H. The molecule has 0 fully saturated rings. The van der Waals surface area contributed by atoms with Crippen LogP contribution >= 0.6 is 39.9 Å². The molecule has 1 aromatic carbocycles. The van der Waals surface area contributed by atoms with Crippen molar-refractivity contribution in [3.63, 3.8) is 0 Å². The number of amides is 1. The molecule has 3 N–H and O–H groups in total. The number of hydrogen-bond donors (Lipinski definition) is 2. The fourth-order valence-corrected chi connectivity index (χ4v) is 1.64. The van der Waals surface area contributed by atoms with E-state index in [-0.39, 0.29) is 18.3 Å². The van der Waals surface area contributed by atoms with Gasteiger partial charge in [-0.3, -0.25) is 4.79 Å². The molecule has 17 heavy (non-hydrogen) atoms. The zero-order chi connectivity index (χ0) is 12.3. The van der Waals surface area contributed by atoms with Crippen LogP contribution in [0.3, 0.4) is 0 Å². The second kappa shape index (κ2) is 6.59. The van der Waals surface area contributed by atoms with Gasteiger partial charge in [0.15, 0.2) is 0 Å². The van der Waals surface area contributed by atoms with Gasteiger partial charge in [-0.05, 0) is 32.0 Å². The van der Waals surface area contributed by atoms with E-state index in [2.05, 4.69) is 21.2 Å². The summed E-state index contributed by atoms with van der Waals surface area (Å²) in [6.07, 6.45) is 0. The average Bonchev–Trinajstić information content (AvgIpc) is 2.17. The third-order valence-corrected chi connectivity index (χ3v) is 2.70. The normalized spacial score (nSPS) is 10.6. The summed E-state index contributed by atoms with van der Waals surface area (Å²) in [6, 6.07) is 5.14. The number of carbonyl (C=O) groups is 1. The summed E-state index contributed by atoms with van der Waals surface area (Å²) >= 11 is 9.22. The Morgan fingerprint density at radius 1 is 1.53 bits per heavy atom. The smallest absolute Gasteiger partial charge is 0.252 e. The first kappa shape index (κ1) is 16.7. The van der Waals surface area contributed by atoms with Crippen molar-refractivity contribution in [1.82, 2.24) is 5.32 Å². The maximum absolute atomic E-state index is 11.8. The van der Waals surface area contributed by atoms with E-state index in [9.17, 15) is 4.79 Å². The van der Waals surface area contributed by atoms with Crippen LogP contribution in [0.5, 0.6) is 0 Å². The Kier molecular flexibility index (Phi) is 6.48. The van der Waals surface area contributed by atoms with Gasteiger partial charge in [0.05, 0.1) is 10.6 Å². The van der Waals surface area contributed by atoms with E-state index in [0.717, 1.165) is 4.47 Å². The second-order valence-corrected chi connectivity index (χ2v) is 5.62. The van der Waals surface area contributed by atoms with Crippen LogP contribution in [0, 0.1) is 0 Å². The van der Waals surface area contributed by atoms with Crippen molar-refractivity contribution in [3.05, 3.63) is 33.3 Å². The van der Waals surface area contributed by atoms with E-state index >= 15 is 0 Å². The van der Waals surface area contributed by atoms with Crippen LogP contribution in [0.1, 0.15) is 24.2 Å². The Morgan fingerprint density at radius 2 is 2.12 bits per heavy atom. The highest BCUT2D eigenvalue weighted by molar-refractivity contribution is 9.10. The molecular weight excluding hydrogens is 327 g/mol. The predicted octanol–water partition coefficient (Wildman–Crippen LogP) is 2.99. The molecule has 3 nitrogen and oxygen atoms in total. The minimum absolute atomic E-state index is 0. The molecule has 1 aromatic rings. The van der Waals surface area contributed by atoms with E-state index in [1.165, 1.54) is 0 Å². The molecule has 96 valence electrons. The molecule has 6 heteroatoms. The molecule has 1 rings (SSSR count). The van der Waals surface area contributed by atoms with E-state index in [0.29, 0.717) is 17.1 Å². The van der Waals surface area contributed by atoms with Crippen molar-refractivity contribution < 1.29 is 4.79 Å². The molecule has 0 radical (unpaired) electrons. The Balaban J connectivity index is 0.00000256. The van der Waals surface area contributed by atoms with Gasteiger partial charge >= 0.3 is 0 Å². The summed E-state index contributed by atoms with van der Waals surface area (Å²) in [5.74, 6) is -0.218. The van der Waals surface area contributed by atoms with Crippen molar-refractivity contribution >= 4 is 45.8 Å². The molecule has 0 saturated heterocycles. The Morgan fingerprint density at radius 3 is 2.65 bits per heavy atom. The van der Waals surface area contributed by atoms with Crippen LogP contribution in [-0.2, 0) is 0 Å². The van der Waals surface area contributed by atoms with Gasteiger partial charge < -0.3 is 11.1 Å². The molecule has 0 spiro atoms. The minimum atomic E-state index is -0.436. The lowest BCUT2D eigenvalue weighted by atomic mass is 10.1. The Hall–Kier alpha value is -0.290. The molecule has 0 bridgehead atoms. The predicted molar refractivity (Wildman–Crippen MR) is 77.0 cm³/mol. The largest absolute Gasteiger partial charge is 0.350 e. The van der Waals surface area contributed by atoms with Gasteiger partial charge in [0.1, 0.15) is 0 Å². The molecule has 0 aliphatic carbocycles. The SMILES string of the molecule is CC(C)(N)CNC(=O)c1cc(Br)ccc1Cl.Cl. The van der Waals surface area contributed by atoms with Gasteiger partial charge in [-0.25, -0.2) is 0 Å². The fraction of sp³-hybridized carbons (Fsp3) is 0.364. The number of hydrogen-bond acceptors (Lipinski definition) is 2. The summed E-state index contributed by atoms with van der Waals surface area (Å²) in [6.45, 7) is 4.08. The first-order valence-corrected chi connectivity index (χ1v) is 5.99. The van der Waals surface area contributed by atoms with Crippen molar-refractivity contribution in [3.8, 4) is 0 Å². The van der Waals surface area contributed by atoms with E-state index in [1.54, 1.807) is 18.2 Å². The molecule has 0 aliphatic heterocycles. The zero-order valence-electron chi connectivity index (χ0n) is 9.59. The topological polar surface area (TPSA) is 55.1 Å². The summed E-state index contributed by atoms with van der Waals surface area (Å²) < 4.78 is 0.814. The van der Waals surface area contributed by atoms with E-state index in [1.807, 2.05) is 13.8 Å². The third kappa shape index (κ3) is 5.73. The van der Waals surface area contributed by atoms with E-state index in [4.69, 9.17) is 17.3 Å². The molecule has 0 aromatic heterocycles. The van der Waals surface area contributed by atoms with Crippen LogP contribution in [0.2, 0.25) is 5.02 Å². The number of nitrogens with two attached hydrogens (primary N) is 1. The first-order valence-electron chi connectivity index (χ1n) is 4.82. The van der Waals surface area contributed by atoms with Gasteiger partial charge in [-0.15, -0.1) is 12.4 Å². The number of halogens is 3. The minimum Gasteiger partial charge on any atom is -0.350 e. The van der Waals surface area contributed by atoms with Crippen molar-refractivity contribution in [2.24, 2.45) is 5.73 Å². The number of carbonyl (C=O) groups excluding carboxylic acids is 1. The molecule has 0 saturated carbocycles. The van der Waals surface area contributed by atoms with Crippen LogP contribution < -0.4 is 11.1 Å². The van der Waals surface area contributed by atoms with Crippen molar-refractivity contribution in [1.29, 1.82) is 0 Å². The van der Waals surface area contributed by atoms with Crippen LogP contribution in [-0.4, -0.2) is 18.0 Å². The van der Waals surface area contributed by atoms with Gasteiger partial charge in [0, 0.05) is 16.6 Å². The Bertz CT molecular complexity index is 405. The van der Waals surface area contributed by atoms with Crippen LogP contribution in [0.25, 0.3) is 0 Å². The molecule has 0 heterocycles. The average molecular weight is 342 g/mol. The highest BCUT2D eigenvalue weighted by atomic mass is 79.9. The summed E-state index contributed by atoms with van der Waals surface area (Å²) in [5, 5.41) is 3.16. The van der Waals surface area contributed by atoms with Gasteiger partial charge in [-0.2, -0.15) is 0 Å². The zero-order valence-corrected chi connectivity index (χ0v) is 12.7. The molecular formula is C11H15BrCl2N2O. The summed E-state index contributed by atoms with van der Waals surface area (Å²) in [5.41, 5.74) is 5.78. The Labute approximate surface area is 121 Å². The van der Waals surface area contributed by atoms with Crippen LogP contribution in [0.15, 0.2) is 22.7 Å². The van der Waals surface area contributed by atoms with E-state index < -0.39 is 5.54 Å². The quantitative estimate of drug-likeness (QED) is 0.887. The van der Waals surface area contributed by atoms with Gasteiger partial charge in [-0.1, -0.05) is 27.5 Å². The highest BCUT2D eigenvalue weighted by Crippen LogP contribution is 2.20. The monoisotopic (exact) mass is 340 g/mol. The number of rotatable bonds is 3. The number of nitrogens with one attached hydrogen (secondary N) is 1. The lowest BCUT2D eigenvalue weighted by Crippen LogP contribution is -2.45. The van der Waals surface area contributed by atoms with Crippen molar-refractivity contribution in [2.75, 3.05) is 6.54 Å². The molecule has 0 aliphatic rings. The second-order valence-electron chi connectivity index (χ2n) is 4.30. The lowest BCUT2D eigenvalue weighted by molar-refractivity contribution is 0.0946. The maximum atomic E-state index is 11.8. The summed E-state index contributed by atoms with van der Waals surface area (Å²) in [4.78, 5) is 11.8. The third-order valence-electron chi connectivity index (χ3n) is 1.88. The molecule has 0 unspecified atom stereocenters. The van der Waals surface area contributed by atoms with Crippen LogP contribution in [0.4, 0.5) is 0 Å². The van der Waals surface area contributed by atoms with Gasteiger partial charge in [0.25, 0.3) is 5.91 Å². The fourth-order valence-electron chi connectivity index (χ4n) is 1.07. The summed E-state index contributed by atoms with van der Waals surface area (Å²) in [7, 11) is 0. The number of benzene rings is 1. The van der Waals surface area contributed by atoms with Gasteiger partial charge in [0.2, 0.25) is 0 Å². The lowest BCUT2D eigenvalue weighted by Gasteiger charge is -2.19. The molecule has 0 atom stereocenters. The first-order chi connectivity index (χ1) is 7.29. The maximum Gasteiger partial charge on any atom is 0.252 e. The van der Waals surface area contributed by atoms with Crippen molar-refractivity contribution in [2.45, 2.75) is 19.4 Å². The highest BCUT2D eigenvalue weighted by Gasteiger charge is 2.15. The molecule has 1 amide bonds.